The number of hydrogen-bond acceptors (Lipinski definition) is 4. The Morgan fingerprint density at radius 1 is 1.09 bits per heavy atom. The third-order valence-corrected chi connectivity index (χ3v) is 6.39. The first-order valence-electron chi connectivity index (χ1n) is 11.7. The third kappa shape index (κ3) is 6.92. The second kappa shape index (κ2) is 12.8. The molecule has 0 radical (unpaired) electrons. The molecule has 0 unspecified atom stereocenters. The molecule has 1 fully saturated rings. The van der Waals surface area contributed by atoms with E-state index in [0.29, 0.717) is 0 Å². The first-order chi connectivity index (χ1) is 15.6. The van der Waals surface area contributed by atoms with E-state index < -0.39 is 0 Å². The number of ether oxygens (including phenoxy) is 2. The van der Waals surface area contributed by atoms with Gasteiger partial charge in [-0.05, 0) is 60.3 Å². The van der Waals surface area contributed by atoms with E-state index in [4.69, 9.17) is 21.7 Å². The number of benzene rings is 2. The Morgan fingerprint density at radius 3 is 2.44 bits per heavy atom. The molecule has 2 aromatic rings. The number of aryl methyl sites for hydroxylation is 2. The molecule has 0 atom stereocenters. The number of methoxy groups -OCH3 is 1. The highest BCUT2D eigenvalue weighted by molar-refractivity contribution is 7.80. The highest BCUT2D eigenvalue weighted by atomic mass is 32.1. The van der Waals surface area contributed by atoms with E-state index in [1.54, 1.807) is 7.11 Å². The van der Waals surface area contributed by atoms with E-state index in [0.717, 1.165) is 76.1 Å². The van der Waals surface area contributed by atoms with Crippen molar-refractivity contribution in [1.82, 2.24) is 9.80 Å². The summed E-state index contributed by atoms with van der Waals surface area (Å²) in [6.07, 6.45) is 3.01. The first-order valence-corrected chi connectivity index (χ1v) is 12.1. The van der Waals surface area contributed by atoms with Crippen LogP contribution in [-0.4, -0.2) is 61.4 Å². The molecule has 1 heterocycles. The monoisotopic (exact) mass is 455 g/mol. The Morgan fingerprint density at radius 2 is 1.78 bits per heavy atom. The Hall–Kier alpha value is -2.15. The minimum absolute atomic E-state index is 0.752. The zero-order valence-electron chi connectivity index (χ0n) is 19.7. The van der Waals surface area contributed by atoms with Crippen LogP contribution in [0.2, 0.25) is 0 Å². The molecule has 1 aliphatic heterocycles. The fraction of sp³-hybridized carbons (Fsp3) is 0.500. The molecule has 174 valence electrons. The van der Waals surface area contributed by atoms with E-state index in [2.05, 4.69) is 59.3 Å². The highest BCUT2D eigenvalue weighted by Crippen LogP contribution is 2.24. The van der Waals surface area contributed by atoms with Crippen molar-refractivity contribution in [2.24, 2.45) is 0 Å². The quantitative estimate of drug-likeness (QED) is 0.522. The largest absolute Gasteiger partial charge is 0.497 e. The lowest BCUT2D eigenvalue weighted by atomic mass is 10.0. The average molecular weight is 456 g/mol. The maximum absolute atomic E-state index is 5.95. The Balaban J connectivity index is 1.73. The summed E-state index contributed by atoms with van der Waals surface area (Å²) in [7, 11) is 1.71. The van der Waals surface area contributed by atoms with Gasteiger partial charge in [-0.3, -0.25) is 4.90 Å². The minimum atomic E-state index is 0.752. The van der Waals surface area contributed by atoms with Crippen LogP contribution in [0, 0.1) is 0 Å². The summed E-state index contributed by atoms with van der Waals surface area (Å²) in [4.78, 5) is 4.77. The normalized spacial score (nSPS) is 14.2. The minimum Gasteiger partial charge on any atom is -0.497 e. The van der Waals surface area contributed by atoms with E-state index >= 15 is 0 Å². The van der Waals surface area contributed by atoms with E-state index in [1.807, 2.05) is 12.1 Å². The molecular weight excluding hydrogens is 418 g/mol. The van der Waals surface area contributed by atoms with Crippen LogP contribution >= 0.6 is 12.2 Å². The van der Waals surface area contributed by atoms with Crippen molar-refractivity contribution in [3.63, 3.8) is 0 Å². The van der Waals surface area contributed by atoms with Crippen molar-refractivity contribution in [2.75, 3.05) is 51.8 Å². The number of nitrogens with zero attached hydrogens (tertiary/aromatic N) is 2. The third-order valence-electron chi connectivity index (χ3n) is 6.03. The van der Waals surface area contributed by atoms with E-state index in [1.165, 1.54) is 22.4 Å². The number of para-hydroxylation sites is 1. The van der Waals surface area contributed by atoms with Gasteiger partial charge in [-0.2, -0.15) is 0 Å². The van der Waals surface area contributed by atoms with Crippen molar-refractivity contribution in [3.05, 3.63) is 59.2 Å². The summed E-state index contributed by atoms with van der Waals surface area (Å²) >= 11 is 5.95. The average Bonchev–Trinajstić information content (AvgIpc) is 2.84. The van der Waals surface area contributed by atoms with Crippen molar-refractivity contribution in [2.45, 2.75) is 39.7 Å². The summed E-state index contributed by atoms with van der Waals surface area (Å²) in [5, 5.41) is 4.39. The molecule has 0 saturated carbocycles. The molecule has 0 aromatic heterocycles. The molecule has 0 aliphatic carbocycles. The topological polar surface area (TPSA) is 37.0 Å². The van der Waals surface area contributed by atoms with Gasteiger partial charge in [0, 0.05) is 38.4 Å². The molecule has 5 nitrogen and oxygen atoms in total. The van der Waals surface area contributed by atoms with Crippen LogP contribution in [0.1, 0.15) is 37.0 Å². The molecule has 32 heavy (non-hydrogen) atoms. The summed E-state index contributed by atoms with van der Waals surface area (Å²) in [5.41, 5.74) is 4.98. The lowest BCUT2D eigenvalue weighted by molar-refractivity contribution is 0.0368. The van der Waals surface area contributed by atoms with Gasteiger partial charge < -0.3 is 19.7 Å². The van der Waals surface area contributed by atoms with Crippen LogP contribution in [0.5, 0.6) is 5.75 Å². The maximum atomic E-state index is 5.95. The van der Waals surface area contributed by atoms with Crippen LogP contribution in [-0.2, 0) is 24.1 Å². The lowest BCUT2D eigenvalue weighted by Crippen LogP contribution is -2.40. The van der Waals surface area contributed by atoms with Gasteiger partial charge in [0.25, 0.3) is 0 Å². The smallest absolute Gasteiger partial charge is 0.173 e. The van der Waals surface area contributed by atoms with Gasteiger partial charge in [0.05, 0.1) is 20.3 Å². The number of nitrogens with one attached hydrogen (secondary N) is 1. The lowest BCUT2D eigenvalue weighted by Gasteiger charge is -2.30. The van der Waals surface area contributed by atoms with Gasteiger partial charge >= 0.3 is 0 Å². The standard InChI is InChI=1S/C26H37N3O2S/c1-4-22-10-7-11-23(5-2)25(22)27-26(32)29(14-8-13-28-15-17-31-18-16-28)20-21-9-6-12-24(19-21)30-3/h6-7,9-12,19H,4-5,8,13-18,20H2,1-3H3,(H,27,32). The van der Waals surface area contributed by atoms with Crippen molar-refractivity contribution in [1.29, 1.82) is 0 Å². The summed E-state index contributed by atoms with van der Waals surface area (Å²) in [5.74, 6) is 0.874. The molecule has 0 bridgehead atoms. The summed E-state index contributed by atoms with van der Waals surface area (Å²) in [6, 6.07) is 14.8. The SMILES string of the molecule is CCc1cccc(CC)c1NC(=S)N(CCCN1CCOCC1)Cc1cccc(OC)c1. The zero-order chi connectivity index (χ0) is 22.8. The Bertz CT molecular complexity index is 846. The Kier molecular flexibility index (Phi) is 9.78. The van der Waals surface area contributed by atoms with Gasteiger partial charge in [0.15, 0.2) is 5.11 Å². The fourth-order valence-corrected chi connectivity index (χ4v) is 4.40. The van der Waals surface area contributed by atoms with Gasteiger partial charge in [-0.15, -0.1) is 0 Å². The first kappa shape index (κ1) is 24.5. The Labute approximate surface area is 198 Å². The predicted octanol–water partition coefficient (Wildman–Crippen LogP) is 4.74. The second-order valence-corrected chi connectivity index (χ2v) is 8.56. The summed E-state index contributed by atoms with van der Waals surface area (Å²) < 4.78 is 10.9. The maximum Gasteiger partial charge on any atom is 0.173 e. The molecule has 3 rings (SSSR count). The number of anilines is 1. The molecule has 6 heteroatoms. The number of morpholine rings is 1. The molecule has 1 saturated heterocycles. The molecule has 2 aromatic carbocycles. The van der Waals surface area contributed by atoms with E-state index in [9.17, 15) is 0 Å². The van der Waals surface area contributed by atoms with E-state index in [-0.39, 0.29) is 0 Å². The van der Waals surface area contributed by atoms with Crippen LogP contribution in [0.25, 0.3) is 0 Å². The number of thiocarbonyl (C=S) groups is 1. The molecular formula is C26H37N3O2S. The summed E-state index contributed by atoms with van der Waals surface area (Å²) in [6.45, 7) is 10.8. The van der Waals surface area contributed by atoms with Gasteiger partial charge in [0.1, 0.15) is 5.75 Å². The predicted molar refractivity (Wildman–Crippen MR) is 137 cm³/mol. The number of hydrogen-bond donors (Lipinski definition) is 1. The molecule has 1 N–H and O–H groups in total. The number of rotatable bonds is 10. The van der Waals surface area contributed by atoms with Crippen molar-refractivity contribution in [3.8, 4) is 5.75 Å². The zero-order valence-corrected chi connectivity index (χ0v) is 20.5. The van der Waals surface area contributed by atoms with Gasteiger partial charge in [-0.1, -0.05) is 44.2 Å². The van der Waals surface area contributed by atoms with Crippen LogP contribution < -0.4 is 10.1 Å². The van der Waals surface area contributed by atoms with Gasteiger partial charge in [0.2, 0.25) is 0 Å². The highest BCUT2D eigenvalue weighted by Gasteiger charge is 2.16. The molecule has 0 spiro atoms. The second-order valence-electron chi connectivity index (χ2n) is 8.17. The molecule has 1 aliphatic rings. The van der Waals surface area contributed by atoms with Crippen molar-refractivity contribution < 1.29 is 9.47 Å². The van der Waals surface area contributed by atoms with Crippen molar-refractivity contribution >= 4 is 23.0 Å². The van der Waals surface area contributed by atoms with Crippen LogP contribution in [0.3, 0.4) is 0 Å². The van der Waals surface area contributed by atoms with Crippen LogP contribution in [0.15, 0.2) is 42.5 Å². The van der Waals surface area contributed by atoms with Crippen LogP contribution in [0.4, 0.5) is 5.69 Å². The molecule has 0 amide bonds. The fourth-order valence-electron chi connectivity index (χ4n) is 4.14. The van der Waals surface area contributed by atoms with Gasteiger partial charge in [-0.25, -0.2) is 0 Å².